The van der Waals surface area contributed by atoms with Crippen LogP contribution in [0.25, 0.3) is 11.3 Å². The molecule has 0 saturated carbocycles. The molecule has 4 nitrogen and oxygen atoms in total. The summed E-state index contributed by atoms with van der Waals surface area (Å²) in [4.78, 5) is 16.5. The Kier molecular flexibility index (Phi) is 5.23. The Labute approximate surface area is 145 Å². The standard InChI is InChI=1S/C19H18N2O2S/c1-23-16-10-8-15(9-11-16)17-13-24-19(20-17)21-18(22)12-7-14-5-3-2-4-6-14/h2-6,8-11,13H,7,12H2,1H3,(H,20,21,22). The van der Waals surface area contributed by atoms with E-state index in [-0.39, 0.29) is 5.91 Å². The number of thiazole rings is 1. The predicted octanol–water partition coefficient (Wildman–Crippen LogP) is 4.39. The number of carbonyl (C=O) groups excluding carboxylic acids is 1. The van der Waals surface area contributed by atoms with Crippen molar-refractivity contribution >= 4 is 22.4 Å². The highest BCUT2D eigenvalue weighted by Gasteiger charge is 2.08. The lowest BCUT2D eigenvalue weighted by atomic mass is 10.1. The van der Waals surface area contributed by atoms with Gasteiger partial charge in [0.2, 0.25) is 5.91 Å². The molecule has 24 heavy (non-hydrogen) atoms. The Morgan fingerprint density at radius 1 is 1.12 bits per heavy atom. The van der Waals surface area contributed by atoms with Crippen LogP contribution in [0.3, 0.4) is 0 Å². The third-order valence-corrected chi connectivity index (χ3v) is 4.38. The number of ether oxygens (including phenoxy) is 1. The lowest BCUT2D eigenvalue weighted by Gasteiger charge is -2.02. The fourth-order valence-corrected chi connectivity index (χ4v) is 3.05. The van der Waals surface area contributed by atoms with E-state index >= 15 is 0 Å². The van der Waals surface area contributed by atoms with Crippen molar-refractivity contribution in [3.05, 3.63) is 65.5 Å². The smallest absolute Gasteiger partial charge is 0.226 e. The van der Waals surface area contributed by atoms with Gasteiger partial charge in [0, 0.05) is 17.4 Å². The highest BCUT2D eigenvalue weighted by atomic mass is 32.1. The minimum absolute atomic E-state index is 0.0190. The van der Waals surface area contributed by atoms with Crippen molar-refractivity contribution in [3.63, 3.8) is 0 Å². The maximum atomic E-state index is 12.1. The molecule has 0 radical (unpaired) electrons. The number of carbonyl (C=O) groups is 1. The number of rotatable bonds is 6. The van der Waals surface area contributed by atoms with Gasteiger partial charge in [0.15, 0.2) is 5.13 Å². The van der Waals surface area contributed by atoms with Crippen molar-refractivity contribution in [1.82, 2.24) is 4.98 Å². The molecule has 1 N–H and O–H groups in total. The molecule has 122 valence electrons. The summed E-state index contributed by atoms with van der Waals surface area (Å²) in [7, 11) is 1.64. The molecule has 0 spiro atoms. The maximum Gasteiger partial charge on any atom is 0.226 e. The number of hydrogen-bond acceptors (Lipinski definition) is 4. The molecule has 0 unspecified atom stereocenters. The van der Waals surface area contributed by atoms with E-state index in [2.05, 4.69) is 10.3 Å². The average Bonchev–Trinajstić information content (AvgIpc) is 3.09. The van der Waals surface area contributed by atoms with Gasteiger partial charge in [-0.1, -0.05) is 30.3 Å². The zero-order valence-electron chi connectivity index (χ0n) is 13.4. The van der Waals surface area contributed by atoms with E-state index in [4.69, 9.17) is 4.74 Å². The first-order chi connectivity index (χ1) is 11.7. The van der Waals surface area contributed by atoms with Gasteiger partial charge in [-0.05, 0) is 36.2 Å². The monoisotopic (exact) mass is 338 g/mol. The van der Waals surface area contributed by atoms with E-state index in [9.17, 15) is 4.79 Å². The summed E-state index contributed by atoms with van der Waals surface area (Å²) in [6, 6.07) is 17.7. The minimum Gasteiger partial charge on any atom is -0.497 e. The Balaban J connectivity index is 1.58. The van der Waals surface area contributed by atoms with Gasteiger partial charge in [0.1, 0.15) is 5.75 Å². The van der Waals surface area contributed by atoms with Gasteiger partial charge >= 0.3 is 0 Å². The minimum atomic E-state index is -0.0190. The quantitative estimate of drug-likeness (QED) is 0.725. The third-order valence-electron chi connectivity index (χ3n) is 3.62. The van der Waals surface area contributed by atoms with Crippen LogP contribution in [0, 0.1) is 0 Å². The zero-order chi connectivity index (χ0) is 16.8. The summed E-state index contributed by atoms with van der Waals surface area (Å²) in [6.07, 6.45) is 1.17. The number of nitrogens with zero attached hydrogens (tertiary/aromatic N) is 1. The summed E-state index contributed by atoms with van der Waals surface area (Å²) in [5.41, 5.74) is 3.00. The maximum absolute atomic E-state index is 12.1. The average molecular weight is 338 g/mol. The van der Waals surface area contributed by atoms with Crippen molar-refractivity contribution in [2.45, 2.75) is 12.8 Å². The molecule has 0 aliphatic carbocycles. The van der Waals surface area contributed by atoms with Crippen LogP contribution < -0.4 is 10.1 Å². The van der Waals surface area contributed by atoms with Crippen molar-refractivity contribution in [2.24, 2.45) is 0 Å². The second-order valence-corrected chi connectivity index (χ2v) is 6.16. The fraction of sp³-hybridized carbons (Fsp3) is 0.158. The second kappa shape index (κ2) is 7.75. The Hall–Kier alpha value is -2.66. The van der Waals surface area contributed by atoms with Gasteiger partial charge < -0.3 is 10.1 Å². The molecule has 0 fully saturated rings. The Morgan fingerprint density at radius 2 is 1.88 bits per heavy atom. The molecular formula is C19H18N2O2S. The number of benzene rings is 2. The van der Waals surface area contributed by atoms with Crippen LogP contribution in [0.1, 0.15) is 12.0 Å². The SMILES string of the molecule is COc1ccc(-c2csc(NC(=O)CCc3ccccc3)n2)cc1. The molecule has 0 bridgehead atoms. The van der Waals surface area contributed by atoms with Crippen molar-refractivity contribution in [1.29, 1.82) is 0 Å². The molecule has 1 aromatic heterocycles. The van der Waals surface area contributed by atoms with E-state index in [1.54, 1.807) is 7.11 Å². The topological polar surface area (TPSA) is 51.2 Å². The number of amides is 1. The number of methoxy groups -OCH3 is 1. The van der Waals surface area contributed by atoms with E-state index in [1.165, 1.54) is 11.3 Å². The van der Waals surface area contributed by atoms with E-state index in [1.807, 2.05) is 60.0 Å². The van der Waals surface area contributed by atoms with Gasteiger partial charge in [-0.2, -0.15) is 0 Å². The van der Waals surface area contributed by atoms with Crippen LogP contribution in [0.2, 0.25) is 0 Å². The molecule has 5 heteroatoms. The van der Waals surface area contributed by atoms with Gasteiger partial charge in [-0.15, -0.1) is 11.3 Å². The van der Waals surface area contributed by atoms with E-state index in [0.29, 0.717) is 11.6 Å². The number of anilines is 1. The summed E-state index contributed by atoms with van der Waals surface area (Å²) in [5, 5.41) is 5.43. The number of aryl methyl sites for hydroxylation is 1. The first kappa shape index (κ1) is 16.2. The van der Waals surface area contributed by atoms with Crippen LogP contribution in [0.4, 0.5) is 5.13 Å². The summed E-state index contributed by atoms with van der Waals surface area (Å²) in [5.74, 6) is 0.790. The molecule has 1 amide bonds. The largest absolute Gasteiger partial charge is 0.497 e. The Morgan fingerprint density at radius 3 is 2.58 bits per heavy atom. The predicted molar refractivity (Wildman–Crippen MR) is 97.5 cm³/mol. The molecule has 3 rings (SSSR count). The van der Waals surface area contributed by atoms with Crippen LogP contribution in [-0.2, 0) is 11.2 Å². The van der Waals surface area contributed by atoms with Gasteiger partial charge in [-0.3, -0.25) is 4.79 Å². The summed E-state index contributed by atoms with van der Waals surface area (Å²) in [6.45, 7) is 0. The van der Waals surface area contributed by atoms with Gasteiger partial charge in [0.25, 0.3) is 0 Å². The molecule has 1 heterocycles. The third kappa shape index (κ3) is 4.20. The molecular weight excluding hydrogens is 320 g/mol. The lowest BCUT2D eigenvalue weighted by Crippen LogP contribution is -2.12. The van der Waals surface area contributed by atoms with Crippen LogP contribution in [0.15, 0.2) is 60.0 Å². The summed E-state index contributed by atoms with van der Waals surface area (Å²) >= 11 is 1.43. The highest BCUT2D eigenvalue weighted by Crippen LogP contribution is 2.26. The van der Waals surface area contributed by atoms with Gasteiger partial charge in [0.05, 0.1) is 12.8 Å². The van der Waals surface area contributed by atoms with Crippen LogP contribution >= 0.6 is 11.3 Å². The molecule has 3 aromatic rings. The van der Waals surface area contributed by atoms with Gasteiger partial charge in [-0.25, -0.2) is 4.98 Å². The van der Waals surface area contributed by atoms with E-state index < -0.39 is 0 Å². The second-order valence-electron chi connectivity index (χ2n) is 5.30. The number of hydrogen-bond donors (Lipinski definition) is 1. The van der Waals surface area contributed by atoms with Crippen LogP contribution in [0.5, 0.6) is 5.75 Å². The van der Waals surface area contributed by atoms with Crippen molar-refractivity contribution in [3.8, 4) is 17.0 Å². The number of nitrogens with one attached hydrogen (secondary N) is 1. The van der Waals surface area contributed by atoms with E-state index in [0.717, 1.165) is 29.0 Å². The number of aromatic nitrogens is 1. The normalized spacial score (nSPS) is 10.4. The molecule has 0 aliphatic rings. The molecule has 0 atom stereocenters. The van der Waals surface area contributed by atoms with Crippen molar-refractivity contribution in [2.75, 3.05) is 12.4 Å². The first-order valence-electron chi connectivity index (χ1n) is 7.68. The fourth-order valence-electron chi connectivity index (χ4n) is 2.31. The highest BCUT2D eigenvalue weighted by molar-refractivity contribution is 7.14. The molecule has 0 saturated heterocycles. The summed E-state index contributed by atoms with van der Waals surface area (Å²) < 4.78 is 5.15. The first-order valence-corrected chi connectivity index (χ1v) is 8.56. The van der Waals surface area contributed by atoms with Crippen LogP contribution in [-0.4, -0.2) is 18.0 Å². The van der Waals surface area contributed by atoms with Crippen molar-refractivity contribution < 1.29 is 9.53 Å². The molecule has 0 aliphatic heterocycles. The molecule has 2 aromatic carbocycles. The zero-order valence-corrected chi connectivity index (χ0v) is 14.2. The Bertz CT molecular complexity index is 798. The lowest BCUT2D eigenvalue weighted by molar-refractivity contribution is -0.116.